The normalized spacial score (nSPS) is 16.3. The summed E-state index contributed by atoms with van der Waals surface area (Å²) in [7, 11) is 0. The molecular weight excluding hydrogens is 344 g/mol. The van der Waals surface area contributed by atoms with Crippen LogP contribution in [0.1, 0.15) is 29.5 Å². The number of hydrogen-bond acceptors (Lipinski definition) is 4. The Labute approximate surface area is 166 Å². The van der Waals surface area contributed by atoms with Crippen LogP contribution in [0.4, 0.5) is 5.95 Å². The average Bonchev–Trinajstić information content (AvgIpc) is 2.78. The lowest BCUT2D eigenvalue weighted by molar-refractivity contribution is 0.418. The predicted molar refractivity (Wildman–Crippen MR) is 113 cm³/mol. The molecular formula is C24H24N4. The summed E-state index contributed by atoms with van der Waals surface area (Å²) in [4.78, 5) is 11.0. The Morgan fingerprint density at radius 3 is 2.57 bits per heavy atom. The van der Waals surface area contributed by atoms with Crippen LogP contribution in [0.15, 0.2) is 73.1 Å². The van der Waals surface area contributed by atoms with Crippen LogP contribution < -0.4 is 10.2 Å². The molecule has 0 amide bonds. The molecule has 2 heterocycles. The first-order valence-electron chi connectivity index (χ1n) is 9.79. The van der Waals surface area contributed by atoms with Crippen molar-refractivity contribution in [3.8, 4) is 11.8 Å². The molecule has 0 radical (unpaired) electrons. The van der Waals surface area contributed by atoms with E-state index in [0.717, 1.165) is 43.1 Å². The maximum atomic E-state index is 4.39. The molecule has 4 heteroatoms. The molecule has 1 saturated heterocycles. The van der Waals surface area contributed by atoms with Crippen molar-refractivity contribution in [3.05, 3.63) is 89.7 Å². The summed E-state index contributed by atoms with van der Waals surface area (Å²) < 4.78 is 0. The minimum Gasteiger partial charge on any atom is -0.339 e. The number of benzene rings is 2. The first kappa shape index (κ1) is 18.2. The topological polar surface area (TPSA) is 41.0 Å². The second-order valence-electron chi connectivity index (χ2n) is 6.99. The maximum absolute atomic E-state index is 4.39. The van der Waals surface area contributed by atoms with Crippen molar-refractivity contribution in [2.75, 3.05) is 18.0 Å². The standard InChI is InChI=1S/C24H24N4/c1-2-8-20(9-3-1)13-14-21-10-4-5-11-22(21)18-27-23-12-6-17-28(19-23)24-25-15-7-16-26-24/h1-5,7-11,15-16,23,27H,6,12,17-19H2. The lowest BCUT2D eigenvalue weighted by atomic mass is 10.0. The predicted octanol–water partition coefficient (Wildman–Crippen LogP) is 3.64. The number of aromatic nitrogens is 2. The molecule has 4 rings (SSSR count). The SMILES string of the molecule is C(#Cc1ccccc1CNC1CCCN(c2ncccn2)C1)c1ccccc1. The van der Waals surface area contributed by atoms with Gasteiger partial charge in [-0.15, -0.1) is 0 Å². The summed E-state index contributed by atoms with van der Waals surface area (Å²) in [6.07, 6.45) is 5.93. The lowest BCUT2D eigenvalue weighted by Gasteiger charge is -2.33. The van der Waals surface area contributed by atoms with E-state index in [1.807, 2.05) is 42.5 Å². The van der Waals surface area contributed by atoms with Crippen molar-refractivity contribution >= 4 is 5.95 Å². The van der Waals surface area contributed by atoms with Gasteiger partial charge in [0.25, 0.3) is 0 Å². The molecule has 0 saturated carbocycles. The number of nitrogens with one attached hydrogen (secondary N) is 1. The fraction of sp³-hybridized carbons (Fsp3) is 0.250. The van der Waals surface area contributed by atoms with Gasteiger partial charge in [-0.2, -0.15) is 0 Å². The number of hydrogen-bond donors (Lipinski definition) is 1. The van der Waals surface area contributed by atoms with E-state index in [0.29, 0.717) is 6.04 Å². The minimum absolute atomic E-state index is 0.424. The van der Waals surface area contributed by atoms with Crippen molar-refractivity contribution in [3.63, 3.8) is 0 Å². The highest BCUT2D eigenvalue weighted by atomic mass is 15.3. The molecule has 1 aromatic heterocycles. The quantitative estimate of drug-likeness (QED) is 0.714. The first-order valence-corrected chi connectivity index (χ1v) is 9.79. The summed E-state index contributed by atoms with van der Waals surface area (Å²) in [5.74, 6) is 7.42. The fourth-order valence-corrected chi connectivity index (χ4v) is 3.49. The van der Waals surface area contributed by atoms with Gasteiger partial charge in [-0.05, 0) is 42.7 Å². The number of rotatable bonds is 4. The van der Waals surface area contributed by atoms with Gasteiger partial charge in [-0.25, -0.2) is 9.97 Å². The third-order valence-electron chi connectivity index (χ3n) is 4.97. The van der Waals surface area contributed by atoms with Gasteiger partial charge >= 0.3 is 0 Å². The van der Waals surface area contributed by atoms with Gasteiger partial charge < -0.3 is 10.2 Å². The molecule has 0 bridgehead atoms. The molecule has 140 valence electrons. The van der Waals surface area contributed by atoms with Crippen molar-refractivity contribution < 1.29 is 0 Å². The third-order valence-corrected chi connectivity index (χ3v) is 4.97. The average molecular weight is 368 g/mol. The highest BCUT2D eigenvalue weighted by Crippen LogP contribution is 2.16. The Hall–Kier alpha value is -3.16. The highest BCUT2D eigenvalue weighted by molar-refractivity contribution is 5.46. The van der Waals surface area contributed by atoms with Crippen LogP contribution >= 0.6 is 0 Å². The molecule has 1 N–H and O–H groups in total. The summed E-state index contributed by atoms with van der Waals surface area (Å²) in [5.41, 5.74) is 3.35. The zero-order chi connectivity index (χ0) is 19.0. The lowest BCUT2D eigenvalue weighted by Crippen LogP contribution is -2.46. The van der Waals surface area contributed by atoms with E-state index in [9.17, 15) is 0 Å². The van der Waals surface area contributed by atoms with Gasteiger partial charge in [0.2, 0.25) is 5.95 Å². The summed E-state index contributed by atoms with van der Waals surface area (Å²) in [5, 5.41) is 3.71. The summed E-state index contributed by atoms with van der Waals surface area (Å²) >= 11 is 0. The Morgan fingerprint density at radius 2 is 1.71 bits per heavy atom. The van der Waals surface area contributed by atoms with E-state index < -0.39 is 0 Å². The number of nitrogens with zero attached hydrogens (tertiary/aromatic N) is 3. The fourth-order valence-electron chi connectivity index (χ4n) is 3.49. The van der Waals surface area contributed by atoms with Crippen LogP contribution in [0.2, 0.25) is 0 Å². The van der Waals surface area contributed by atoms with E-state index in [1.165, 1.54) is 12.0 Å². The molecule has 2 aromatic carbocycles. The Morgan fingerprint density at radius 1 is 0.929 bits per heavy atom. The van der Waals surface area contributed by atoms with Crippen molar-refractivity contribution in [2.45, 2.75) is 25.4 Å². The molecule has 1 aliphatic heterocycles. The van der Waals surface area contributed by atoms with Gasteiger partial charge in [0, 0.05) is 49.2 Å². The Balaban J connectivity index is 1.41. The maximum Gasteiger partial charge on any atom is 0.225 e. The molecule has 1 unspecified atom stereocenters. The zero-order valence-corrected chi connectivity index (χ0v) is 15.9. The van der Waals surface area contributed by atoms with Crippen molar-refractivity contribution in [2.24, 2.45) is 0 Å². The van der Waals surface area contributed by atoms with Gasteiger partial charge in [-0.3, -0.25) is 0 Å². The number of piperidine rings is 1. The smallest absolute Gasteiger partial charge is 0.225 e. The largest absolute Gasteiger partial charge is 0.339 e. The van der Waals surface area contributed by atoms with Crippen molar-refractivity contribution in [1.82, 2.24) is 15.3 Å². The van der Waals surface area contributed by atoms with Crippen LogP contribution in [-0.4, -0.2) is 29.1 Å². The first-order chi connectivity index (χ1) is 13.9. The second-order valence-corrected chi connectivity index (χ2v) is 6.99. The van der Waals surface area contributed by atoms with E-state index in [2.05, 4.69) is 50.2 Å². The third kappa shape index (κ3) is 4.76. The second kappa shape index (κ2) is 9.16. The van der Waals surface area contributed by atoms with Crippen LogP contribution in [0, 0.1) is 11.8 Å². The van der Waals surface area contributed by atoms with Gasteiger partial charge in [0.1, 0.15) is 0 Å². The van der Waals surface area contributed by atoms with Crippen LogP contribution in [0.5, 0.6) is 0 Å². The van der Waals surface area contributed by atoms with E-state index in [4.69, 9.17) is 0 Å². The molecule has 1 aliphatic rings. The van der Waals surface area contributed by atoms with Gasteiger partial charge in [0.15, 0.2) is 0 Å². The highest BCUT2D eigenvalue weighted by Gasteiger charge is 2.21. The van der Waals surface area contributed by atoms with E-state index >= 15 is 0 Å². The molecule has 1 fully saturated rings. The van der Waals surface area contributed by atoms with E-state index in [1.54, 1.807) is 12.4 Å². The number of anilines is 1. The van der Waals surface area contributed by atoms with Gasteiger partial charge in [-0.1, -0.05) is 48.2 Å². The molecule has 1 atom stereocenters. The molecule has 0 aliphatic carbocycles. The minimum atomic E-state index is 0.424. The molecule has 0 spiro atoms. The van der Waals surface area contributed by atoms with Crippen LogP contribution in [-0.2, 0) is 6.54 Å². The monoisotopic (exact) mass is 368 g/mol. The van der Waals surface area contributed by atoms with Gasteiger partial charge in [0.05, 0.1) is 0 Å². The summed E-state index contributed by atoms with van der Waals surface area (Å²) in [6.45, 7) is 2.76. The summed E-state index contributed by atoms with van der Waals surface area (Å²) in [6, 6.07) is 20.8. The van der Waals surface area contributed by atoms with Crippen molar-refractivity contribution in [1.29, 1.82) is 0 Å². The van der Waals surface area contributed by atoms with Crippen LogP contribution in [0.3, 0.4) is 0 Å². The molecule has 28 heavy (non-hydrogen) atoms. The zero-order valence-electron chi connectivity index (χ0n) is 15.9. The Kier molecular flexibility index (Phi) is 5.96. The molecule has 4 nitrogen and oxygen atoms in total. The Bertz CT molecular complexity index is 944. The molecule has 3 aromatic rings. The van der Waals surface area contributed by atoms with Crippen LogP contribution in [0.25, 0.3) is 0 Å². The van der Waals surface area contributed by atoms with E-state index in [-0.39, 0.29) is 0 Å².